The Morgan fingerprint density at radius 3 is 2.30 bits per heavy atom. The third-order valence-corrected chi connectivity index (χ3v) is 6.61. The minimum Gasteiger partial charge on any atom is -0.0654 e. The third kappa shape index (κ3) is 3.60. The largest absolute Gasteiger partial charge is 0.0654 e. The smallest absolute Gasteiger partial charge is 0.0347 e. The van der Waals surface area contributed by atoms with Gasteiger partial charge in [0.25, 0.3) is 0 Å². The Balaban J connectivity index is 2.18. The Kier molecular flexibility index (Phi) is 5.60. The van der Waals surface area contributed by atoms with Gasteiger partial charge in [0, 0.05) is 0 Å². The van der Waals surface area contributed by atoms with Gasteiger partial charge < -0.3 is 0 Å². The van der Waals surface area contributed by atoms with E-state index in [1.54, 1.807) is 0 Å². The molecule has 0 nitrogen and oxygen atoms in total. The Bertz CT molecular complexity index is 290. The fourth-order valence-corrected chi connectivity index (χ4v) is 5.93. The molecule has 5 atom stereocenters. The van der Waals surface area contributed by atoms with E-state index in [1.807, 2.05) is 0 Å². The van der Waals surface area contributed by atoms with Gasteiger partial charge in [0.15, 0.2) is 0 Å². The lowest BCUT2D eigenvalue weighted by Gasteiger charge is -2.50. The van der Waals surface area contributed by atoms with E-state index in [2.05, 4.69) is 34.6 Å². The van der Waals surface area contributed by atoms with Crippen molar-refractivity contribution in [3.8, 4) is 0 Å². The van der Waals surface area contributed by atoms with Gasteiger partial charge in [-0.3, -0.25) is 0 Å². The predicted molar refractivity (Wildman–Crippen MR) is 89.8 cm³/mol. The van der Waals surface area contributed by atoms with Crippen LogP contribution >= 0.6 is 0 Å². The summed E-state index contributed by atoms with van der Waals surface area (Å²) in [6.07, 6.45) is 13.3. The van der Waals surface area contributed by atoms with Gasteiger partial charge in [0.1, 0.15) is 0 Å². The van der Waals surface area contributed by atoms with Crippen LogP contribution in [0.5, 0.6) is 0 Å². The van der Waals surface area contributed by atoms with E-state index in [1.165, 1.54) is 57.8 Å². The van der Waals surface area contributed by atoms with Crippen LogP contribution in [0.1, 0.15) is 92.4 Å². The summed E-state index contributed by atoms with van der Waals surface area (Å²) in [4.78, 5) is 0. The van der Waals surface area contributed by atoms with Crippen molar-refractivity contribution in [1.29, 1.82) is 0 Å². The summed E-state index contributed by atoms with van der Waals surface area (Å²) in [6.45, 7) is 12.4. The molecule has 0 amide bonds. The number of hydrogen-bond acceptors (Lipinski definition) is 0. The summed E-state index contributed by atoms with van der Waals surface area (Å²) in [7, 11) is 0. The summed E-state index contributed by atoms with van der Waals surface area (Å²) in [5, 5.41) is 0. The van der Waals surface area contributed by atoms with Crippen LogP contribution in [-0.4, -0.2) is 0 Å². The highest BCUT2D eigenvalue weighted by atomic mass is 14.5. The first kappa shape index (κ1) is 16.4. The van der Waals surface area contributed by atoms with Gasteiger partial charge in [-0.2, -0.15) is 0 Å². The average molecular weight is 279 g/mol. The quantitative estimate of drug-likeness (QED) is 0.537. The molecule has 2 aliphatic carbocycles. The molecule has 0 aliphatic heterocycles. The first-order valence-corrected chi connectivity index (χ1v) is 9.48. The fourth-order valence-electron chi connectivity index (χ4n) is 5.93. The minimum atomic E-state index is 0.587. The molecular formula is C20H38. The highest BCUT2D eigenvalue weighted by molar-refractivity contribution is 4.94. The topological polar surface area (TPSA) is 0 Å². The van der Waals surface area contributed by atoms with E-state index in [0.717, 1.165) is 29.6 Å². The second-order valence-corrected chi connectivity index (χ2v) is 8.78. The molecule has 0 N–H and O–H groups in total. The predicted octanol–water partition coefficient (Wildman–Crippen LogP) is 6.69. The van der Waals surface area contributed by atoms with Crippen molar-refractivity contribution in [2.75, 3.05) is 0 Å². The van der Waals surface area contributed by atoms with Crippen molar-refractivity contribution in [3.05, 3.63) is 0 Å². The Labute approximate surface area is 128 Å². The molecular weight excluding hydrogens is 240 g/mol. The zero-order valence-electron chi connectivity index (χ0n) is 14.8. The number of rotatable bonds is 4. The molecule has 2 rings (SSSR count). The Morgan fingerprint density at radius 1 is 0.950 bits per heavy atom. The molecule has 2 saturated carbocycles. The van der Waals surface area contributed by atoms with Gasteiger partial charge in [-0.25, -0.2) is 0 Å². The van der Waals surface area contributed by atoms with Crippen molar-refractivity contribution < 1.29 is 0 Å². The van der Waals surface area contributed by atoms with Gasteiger partial charge >= 0.3 is 0 Å². The minimum absolute atomic E-state index is 0.587. The van der Waals surface area contributed by atoms with Crippen LogP contribution in [0.15, 0.2) is 0 Å². The second-order valence-electron chi connectivity index (χ2n) is 8.78. The maximum Gasteiger partial charge on any atom is -0.0347 e. The molecule has 0 aromatic heterocycles. The average Bonchev–Trinajstić information content (AvgIpc) is 2.41. The van der Waals surface area contributed by atoms with E-state index in [9.17, 15) is 0 Å². The molecule has 5 unspecified atom stereocenters. The molecule has 2 aliphatic rings. The van der Waals surface area contributed by atoms with Crippen LogP contribution in [0.3, 0.4) is 0 Å². The van der Waals surface area contributed by atoms with E-state index in [4.69, 9.17) is 0 Å². The van der Waals surface area contributed by atoms with Gasteiger partial charge in [0.05, 0.1) is 0 Å². The lowest BCUT2D eigenvalue weighted by Crippen LogP contribution is -2.42. The summed E-state index contributed by atoms with van der Waals surface area (Å²) in [5.74, 6) is 5.08. The van der Waals surface area contributed by atoms with E-state index < -0.39 is 0 Å². The Morgan fingerprint density at radius 2 is 1.65 bits per heavy atom. The molecule has 0 bridgehead atoms. The molecule has 0 heteroatoms. The molecule has 0 aromatic rings. The second kappa shape index (κ2) is 6.84. The number of hydrogen-bond donors (Lipinski definition) is 0. The van der Waals surface area contributed by atoms with Crippen molar-refractivity contribution in [2.24, 2.45) is 35.0 Å². The molecule has 118 valence electrons. The van der Waals surface area contributed by atoms with Crippen molar-refractivity contribution in [3.63, 3.8) is 0 Å². The summed E-state index contributed by atoms with van der Waals surface area (Å²) >= 11 is 0. The molecule has 0 saturated heterocycles. The van der Waals surface area contributed by atoms with Crippen LogP contribution in [0, 0.1) is 35.0 Å². The molecule has 0 heterocycles. The molecule has 20 heavy (non-hydrogen) atoms. The van der Waals surface area contributed by atoms with Crippen molar-refractivity contribution in [2.45, 2.75) is 92.4 Å². The van der Waals surface area contributed by atoms with Gasteiger partial charge in [-0.1, -0.05) is 73.1 Å². The summed E-state index contributed by atoms with van der Waals surface area (Å²) < 4.78 is 0. The maximum absolute atomic E-state index is 2.55. The maximum atomic E-state index is 2.55. The summed E-state index contributed by atoms with van der Waals surface area (Å²) in [6, 6.07) is 0. The van der Waals surface area contributed by atoms with Gasteiger partial charge in [0.2, 0.25) is 0 Å². The molecule has 2 fully saturated rings. The summed E-state index contributed by atoms with van der Waals surface area (Å²) in [5.41, 5.74) is 0.587. The van der Waals surface area contributed by atoms with Crippen LogP contribution in [0.4, 0.5) is 0 Å². The Hall–Kier alpha value is 0. The standard InChI is InChI=1S/C20H38/c1-6-10-17-15(3)13-20(4,5)14-19(17)18-12-9-8-11-16(18)7-2/h15-19H,6-14H2,1-5H3. The van der Waals surface area contributed by atoms with Gasteiger partial charge in [-0.05, 0) is 54.3 Å². The SMILES string of the molecule is CCCC1C(C)CC(C)(C)CC1C1CCCCC1CC. The van der Waals surface area contributed by atoms with Crippen LogP contribution in [0.25, 0.3) is 0 Å². The zero-order valence-corrected chi connectivity index (χ0v) is 14.8. The first-order chi connectivity index (χ1) is 9.48. The fraction of sp³-hybridized carbons (Fsp3) is 1.00. The lowest BCUT2D eigenvalue weighted by molar-refractivity contribution is -0.00753. The van der Waals surface area contributed by atoms with E-state index in [-0.39, 0.29) is 0 Å². The normalized spacial score (nSPS) is 41.5. The van der Waals surface area contributed by atoms with Gasteiger partial charge in [-0.15, -0.1) is 0 Å². The van der Waals surface area contributed by atoms with Crippen LogP contribution < -0.4 is 0 Å². The highest BCUT2D eigenvalue weighted by Gasteiger charge is 2.44. The molecule has 0 spiro atoms. The van der Waals surface area contributed by atoms with Crippen LogP contribution in [-0.2, 0) is 0 Å². The monoisotopic (exact) mass is 278 g/mol. The first-order valence-electron chi connectivity index (χ1n) is 9.48. The van der Waals surface area contributed by atoms with Crippen molar-refractivity contribution >= 4 is 0 Å². The third-order valence-electron chi connectivity index (χ3n) is 6.61. The molecule has 0 aromatic carbocycles. The van der Waals surface area contributed by atoms with Crippen LogP contribution in [0.2, 0.25) is 0 Å². The zero-order chi connectivity index (χ0) is 14.8. The lowest BCUT2D eigenvalue weighted by atomic mass is 9.55. The molecule has 0 radical (unpaired) electrons. The highest BCUT2D eigenvalue weighted by Crippen LogP contribution is 2.53. The van der Waals surface area contributed by atoms with E-state index in [0.29, 0.717) is 5.41 Å². The van der Waals surface area contributed by atoms with E-state index >= 15 is 0 Å². The van der Waals surface area contributed by atoms with Crippen molar-refractivity contribution in [1.82, 2.24) is 0 Å².